The summed E-state index contributed by atoms with van der Waals surface area (Å²) in [4.78, 5) is 22.0. The number of nitrogens with zero attached hydrogens (tertiary/aromatic N) is 4. The fourth-order valence-electron chi connectivity index (χ4n) is 4.45. The molecule has 0 N–H and O–H groups in total. The Kier molecular flexibility index (Phi) is 4.96. The van der Waals surface area contributed by atoms with Crippen molar-refractivity contribution in [1.82, 2.24) is 19.2 Å². The first kappa shape index (κ1) is 19.8. The highest BCUT2D eigenvalue weighted by Gasteiger charge is 2.24. The van der Waals surface area contributed by atoms with Crippen molar-refractivity contribution in [1.29, 1.82) is 0 Å². The fraction of sp³-hybridized carbons (Fsp3) is 0.231. The number of benzene rings is 2. The number of piperazine rings is 1. The Morgan fingerprint density at radius 3 is 2.48 bits per heavy atom. The highest BCUT2D eigenvalue weighted by Crippen LogP contribution is 2.35. The monoisotopic (exact) mass is 440 g/mol. The average molecular weight is 441 g/mol. The first-order chi connectivity index (χ1) is 16.2. The molecule has 1 saturated heterocycles. The quantitative estimate of drug-likeness (QED) is 0.485. The molecular weight excluding hydrogens is 416 g/mol. The molecule has 0 radical (unpaired) electrons. The normalized spacial score (nSPS) is 15.8. The van der Waals surface area contributed by atoms with Crippen LogP contribution in [0.25, 0.3) is 16.8 Å². The van der Waals surface area contributed by atoms with Crippen molar-refractivity contribution >= 4 is 11.6 Å². The van der Waals surface area contributed by atoms with Crippen LogP contribution in [0.5, 0.6) is 11.5 Å². The molecule has 1 amide bonds. The van der Waals surface area contributed by atoms with Crippen LogP contribution in [-0.2, 0) is 6.54 Å². The molecule has 2 aromatic carbocycles. The number of rotatable bonds is 4. The number of fused-ring (bicyclic) bond motifs is 2. The minimum Gasteiger partial charge on any atom is -0.454 e. The van der Waals surface area contributed by atoms with Crippen LogP contribution in [0.2, 0.25) is 0 Å². The number of amides is 1. The van der Waals surface area contributed by atoms with Crippen LogP contribution in [0.3, 0.4) is 0 Å². The van der Waals surface area contributed by atoms with Gasteiger partial charge in [0, 0.05) is 45.1 Å². The van der Waals surface area contributed by atoms with Gasteiger partial charge in [-0.2, -0.15) is 0 Å². The zero-order chi connectivity index (χ0) is 22.2. The van der Waals surface area contributed by atoms with Crippen molar-refractivity contribution in [2.45, 2.75) is 6.54 Å². The molecule has 33 heavy (non-hydrogen) atoms. The fourth-order valence-corrected chi connectivity index (χ4v) is 4.45. The third-order valence-electron chi connectivity index (χ3n) is 6.28. The average Bonchev–Trinajstić information content (AvgIpc) is 3.50. The van der Waals surface area contributed by atoms with Crippen LogP contribution in [0.1, 0.15) is 16.1 Å². The number of hydrogen-bond donors (Lipinski definition) is 0. The molecule has 2 aliphatic heterocycles. The molecule has 4 aromatic rings. The Morgan fingerprint density at radius 2 is 1.64 bits per heavy atom. The third-order valence-corrected chi connectivity index (χ3v) is 6.28. The van der Waals surface area contributed by atoms with E-state index in [0.29, 0.717) is 18.8 Å². The molecule has 0 saturated carbocycles. The summed E-state index contributed by atoms with van der Waals surface area (Å²) in [5.41, 5.74) is 4.58. The second kappa shape index (κ2) is 8.26. The lowest BCUT2D eigenvalue weighted by molar-refractivity contribution is 0.0623. The predicted octanol–water partition coefficient (Wildman–Crippen LogP) is 3.69. The highest BCUT2D eigenvalue weighted by molar-refractivity contribution is 5.93. The summed E-state index contributed by atoms with van der Waals surface area (Å²) in [7, 11) is 0. The van der Waals surface area contributed by atoms with Crippen molar-refractivity contribution in [3.8, 4) is 22.6 Å². The SMILES string of the molecule is O=C(c1cn2cc(-c3ccc4c(c3)OCO4)ccc2n1)N1CCN(Cc2ccccc2)CC1. The summed E-state index contributed by atoms with van der Waals surface area (Å²) >= 11 is 0. The summed E-state index contributed by atoms with van der Waals surface area (Å²) in [5.74, 6) is 1.50. The van der Waals surface area contributed by atoms with Gasteiger partial charge in [-0.1, -0.05) is 36.4 Å². The lowest BCUT2D eigenvalue weighted by atomic mass is 10.1. The molecule has 4 heterocycles. The number of pyridine rings is 1. The minimum atomic E-state index is -0.0114. The van der Waals surface area contributed by atoms with E-state index in [1.807, 2.05) is 58.1 Å². The smallest absolute Gasteiger partial charge is 0.274 e. The number of hydrogen-bond acceptors (Lipinski definition) is 5. The number of carbonyl (C=O) groups is 1. The molecule has 0 aliphatic carbocycles. The standard InChI is InChI=1S/C26H24N4O3/c31-26(29-12-10-28(11-13-29)15-19-4-2-1-3-5-19)22-17-30-16-21(7-9-25(30)27-22)20-6-8-23-24(14-20)33-18-32-23/h1-9,14,16-17H,10-13,15,18H2. The van der Waals surface area contributed by atoms with E-state index in [1.54, 1.807) is 0 Å². The van der Waals surface area contributed by atoms with Gasteiger partial charge < -0.3 is 18.8 Å². The molecule has 0 unspecified atom stereocenters. The van der Waals surface area contributed by atoms with Gasteiger partial charge in [-0.3, -0.25) is 9.69 Å². The van der Waals surface area contributed by atoms with E-state index in [2.05, 4.69) is 34.1 Å². The van der Waals surface area contributed by atoms with Gasteiger partial charge in [-0.15, -0.1) is 0 Å². The third kappa shape index (κ3) is 3.91. The topological polar surface area (TPSA) is 59.3 Å². The van der Waals surface area contributed by atoms with Gasteiger partial charge >= 0.3 is 0 Å². The van der Waals surface area contributed by atoms with E-state index in [1.165, 1.54) is 5.56 Å². The molecule has 0 spiro atoms. The Labute approximate surface area is 191 Å². The molecule has 7 heteroatoms. The molecule has 0 bridgehead atoms. The van der Waals surface area contributed by atoms with Gasteiger partial charge in [-0.05, 0) is 41.0 Å². The van der Waals surface area contributed by atoms with Gasteiger partial charge in [-0.25, -0.2) is 4.98 Å². The second-order valence-electron chi connectivity index (χ2n) is 8.43. The van der Waals surface area contributed by atoms with Crippen molar-refractivity contribution < 1.29 is 14.3 Å². The van der Waals surface area contributed by atoms with E-state index in [-0.39, 0.29) is 12.7 Å². The maximum atomic E-state index is 13.1. The molecule has 2 aromatic heterocycles. The summed E-state index contributed by atoms with van der Waals surface area (Å²) in [6, 6.07) is 20.3. The summed E-state index contributed by atoms with van der Waals surface area (Å²) < 4.78 is 12.8. The van der Waals surface area contributed by atoms with Crippen molar-refractivity contribution in [3.63, 3.8) is 0 Å². The maximum Gasteiger partial charge on any atom is 0.274 e. The van der Waals surface area contributed by atoms with Crippen molar-refractivity contribution in [2.75, 3.05) is 33.0 Å². The number of aromatic nitrogens is 2. The van der Waals surface area contributed by atoms with Crippen molar-refractivity contribution in [3.05, 3.63) is 84.3 Å². The van der Waals surface area contributed by atoms with Gasteiger partial charge in [0.15, 0.2) is 11.5 Å². The van der Waals surface area contributed by atoms with Crippen molar-refractivity contribution in [2.24, 2.45) is 0 Å². The van der Waals surface area contributed by atoms with E-state index in [9.17, 15) is 4.79 Å². The lowest BCUT2D eigenvalue weighted by Gasteiger charge is -2.34. The Morgan fingerprint density at radius 1 is 0.848 bits per heavy atom. The summed E-state index contributed by atoms with van der Waals surface area (Å²) in [6.45, 7) is 4.32. The molecule has 7 nitrogen and oxygen atoms in total. The molecule has 2 aliphatic rings. The minimum absolute atomic E-state index is 0.0114. The first-order valence-corrected chi connectivity index (χ1v) is 11.2. The van der Waals surface area contributed by atoms with Gasteiger partial charge in [0.05, 0.1) is 0 Å². The number of imidazole rings is 1. The second-order valence-corrected chi connectivity index (χ2v) is 8.43. The Balaban J connectivity index is 1.15. The van der Waals surface area contributed by atoms with Crippen LogP contribution < -0.4 is 9.47 Å². The zero-order valence-electron chi connectivity index (χ0n) is 18.2. The largest absolute Gasteiger partial charge is 0.454 e. The van der Waals surface area contributed by atoms with Crippen LogP contribution >= 0.6 is 0 Å². The molecule has 0 atom stereocenters. The molecule has 1 fully saturated rings. The number of ether oxygens (including phenoxy) is 2. The van der Waals surface area contributed by atoms with Crippen LogP contribution in [-0.4, -0.2) is 58.1 Å². The molecular formula is C26H24N4O3. The van der Waals surface area contributed by atoms with Gasteiger partial charge in [0.25, 0.3) is 5.91 Å². The van der Waals surface area contributed by atoms with E-state index in [4.69, 9.17) is 9.47 Å². The van der Waals surface area contributed by atoms with Crippen LogP contribution in [0, 0.1) is 0 Å². The molecule has 166 valence electrons. The van der Waals surface area contributed by atoms with E-state index < -0.39 is 0 Å². The number of carbonyl (C=O) groups excluding carboxylic acids is 1. The zero-order valence-corrected chi connectivity index (χ0v) is 18.2. The van der Waals surface area contributed by atoms with E-state index in [0.717, 1.165) is 47.9 Å². The van der Waals surface area contributed by atoms with Gasteiger partial charge in [0.1, 0.15) is 11.3 Å². The maximum absolute atomic E-state index is 13.1. The summed E-state index contributed by atoms with van der Waals surface area (Å²) in [5, 5.41) is 0. The Hall–Kier alpha value is -3.84. The highest BCUT2D eigenvalue weighted by atomic mass is 16.7. The molecule has 6 rings (SSSR count). The lowest BCUT2D eigenvalue weighted by Crippen LogP contribution is -2.48. The predicted molar refractivity (Wildman–Crippen MR) is 124 cm³/mol. The van der Waals surface area contributed by atoms with Crippen LogP contribution in [0.4, 0.5) is 0 Å². The van der Waals surface area contributed by atoms with Crippen LogP contribution in [0.15, 0.2) is 73.1 Å². The summed E-state index contributed by atoms with van der Waals surface area (Å²) in [6.07, 6.45) is 3.82. The Bertz CT molecular complexity index is 1310. The van der Waals surface area contributed by atoms with E-state index >= 15 is 0 Å². The first-order valence-electron chi connectivity index (χ1n) is 11.2. The van der Waals surface area contributed by atoms with Gasteiger partial charge in [0.2, 0.25) is 6.79 Å².